The minimum absolute atomic E-state index is 0.136. The summed E-state index contributed by atoms with van der Waals surface area (Å²) in [5, 5.41) is 0. The van der Waals surface area contributed by atoms with Crippen LogP contribution in [0.3, 0.4) is 0 Å². The summed E-state index contributed by atoms with van der Waals surface area (Å²) in [6.07, 6.45) is 1.93. The third-order valence-electron chi connectivity index (χ3n) is 3.41. The van der Waals surface area contributed by atoms with Crippen LogP contribution in [0, 0.1) is 6.92 Å². The van der Waals surface area contributed by atoms with Gasteiger partial charge in [0.15, 0.2) is 0 Å². The molecule has 0 N–H and O–H groups in total. The van der Waals surface area contributed by atoms with Gasteiger partial charge in [-0.1, -0.05) is 47.2 Å². The molecule has 0 saturated carbocycles. The van der Waals surface area contributed by atoms with E-state index in [1.165, 1.54) is 0 Å². The van der Waals surface area contributed by atoms with Gasteiger partial charge in [0, 0.05) is 16.5 Å². The van der Waals surface area contributed by atoms with Gasteiger partial charge in [-0.05, 0) is 31.9 Å². The Bertz CT molecular complexity index is 510. The lowest BCUT2D eigenvalue weighted by Crippen LogP contribution is -2.39. The van der Waals surface area contributed by atoms with Gasteiger partial charge >= 0.3 is 0 Å². The molecular formula is C13H18INO2S. The predicted molar refractivity (Wildman–Crippen MR) is 81.6 cm³/mol. The molecule has 1 aromatic carbocycles. The van der Waals surface area contributed by atoms with Crippen molar-refractivity contribution in [1.82, 2.24) is 4.31 Å². The van der Waals surface area contributed by atoms with Crippen molar-refractivity contribution in [2.45, 2.75) is 41.6 Å². The van der Waals surface area contributed by atoms with Crippen molar-refractivity contribution in [2.75, 3.05) is 6.54 Å². The molecule has 100 valence electrons. The molecule has 3 nitrogen and oxygen atoms in total. The smallest absolute Gasteiger partial charge is 0.207 e. The average Bonchev–Trinajstić information content (AvgIpc) is 2.79. The van der Waals surface area contributed by atoms with Crippen LogP contribution in [0.25, 0.3) is 0 Å². The van der Waals surface area contributed by atoms with Gasteiger partial charge in [0.1, 0.15) is 0 Å². The number of alkyl halides is 1. The lowest BCUT2D eigenvalue weighted by atomic mass is 10.2. The van der Waals surface area contributed by atoms with Crippen LogP contribution >= 0.6 is 22.6 Å². The number of hydrogen-bond acceptors (Lipinski definition) is 2. The summed E-state index contributed by atoms with van der Waals surface area (Å²) in [5.41, 5.74) is 1.08. The molecule has 0 aromatic heterocycles. The summed E-state index contributed by atoms with van der Waals surface area (Å²) >= 11 is 2.32. The summed E-state index contributed by atoms with van der Waals surface area (Å²) in [4.78, 5) is 0.414. The largest absolute Gasteiger partial charge is 0.243 e. The Morgan fingerprint density at radius 3 is 2.50 bits per heavy atom. The zero-order chi connectivity index (χ0) is 13.3. The molecule has 1 fully saturated rings. The Balaban J connectivity index is 2.33. The SMILES string of the molecule is Cc1ccc(S(=O)(=O)N2CCC[C@H]2[C@H](C)I)cc1. The summed E-state index contributed by atoms with van der Waals surface area (Å²) in [6.45, 7) is 4.68. The maximum Gasteiger partial charge on any atom is 0.243 e. The highest BCUT2D eigenvalue weighted by Gasteiger charge is 2.37. The van der Waals surface area contributed by atoms with Gasteiger partial charge in [0.2, 0.25) is 10.0 Å². The average molecular weight is 379 g/mol. The highest BCUT2D eigenvalue weighted by Crippen LogP contribution is 2.30. The van der Waals surface area contributed by atoms with Gasteiger partial charge < -0.3 is 0 Å². The first kappa shape index (κ1) is 14.3. The van der Waals surface area contributed by atoms with Crippen molar-refractivity contribution in [3.05, 3.63) is 29.8 Å². The molecule has 2 rings (SSSR count). The van der Waals surface area contributed by atoms with Crippen molar-refractivity contribution < 1.29 is 8.42 Å². The summed E-state index contributed by atoms with van der Waals surface area (Å²) in [6, 6.07) is 7.25. The third-order valence-corrected chi connectivity index (χ3v) is 6.17. The van der Waals surface area contributed by atoms with Crippen molar-refractivity contribution in [1.29, 1.82) is 0 Å². The molecule has 0 radical (unpaired) electrons. The molecule has 0 aliphatic carbocycles. The lowest BCUT2D eigenvalue weighted by Gasteiger charge is -2.26. The first-order valence-corrected chi connectivity index (χ1v) is 8.84. The van der Waals surface area contributed by atoms with Crippen LogP contribution in [0.4, 0.5) is 0 Å². The normalized spacial score (nSPS) is 23.2. The number of rotatable bonds is 3. The molecule has 2 atom stereocenters. The van der Waals surface area contributed by atoms with Crippen LogP contribution in [0.15, 0.2) is 29.2 Å². The minimum Gasteiger partial charge on any atom is -0.207 e. The fourth-order valence-corrected chi connectivity index (χ4v) is 5.10. The Hall–Kier alpha value is -0.140. The van der Waals surface area contributed by atoms with E-state index >= 15 is 0 Å². The topological polar surface area (TPSA) is 37.4 Å². The summed E-state index contributed by atoms with van der Waals surface area (Å²) < 4.78 is 27.2. The maximum atomic E-state index is 12.6. The number of aryl methyl sites for hydroxylation is 1. The molecule has 1 heterocycles. The van der Waals surface area contributed by atoms with Gasteiger partial charge in [0.05, 0.1) is 4.90 Å². The van der Waals surface area contributed by atoms with Crippen LogP contribution < -0.4 is 0 Å². The molecule has 0 amide bonds. The van der Waals surface area contributed by atoms with E-state index in [4.69, 9.17) is 0 Å². The molecule has 0 unspecified atom stereocenters. The molecule has 1 aliphatic rings. The van der Waals surface area contributed by atoms with Crippen LogP contribution in [0.1, 0.15) is 25.3 Å². The Morgan fingerprint density at radius 1 is 1.33 bits per heavy atom. The van der Waals surface area contributed by atoms with Crippen molar-refractivity contribution in [2.24, 2.45) is 0 Å². The second kappa shape index (κ2) is 5.46. The van der Waals surface area contributed by atoms with Crippen LogP contribution in [0.5, 0.6) is 0 Å². The van der Waals surface area contributed by atoms with E-state index in [-0.39, 0.29) is 6.04 Å². The van der Waals surface area contributed by atoms with Crippen molar-refractivity contribution in [3.8, 4) is 0 Å². The van der Waals surface area contributed by atoms with Gasteiger partial charge in [-0.3, -0.25) is 0 Å². The zero-order valence-electron chi connectivity index (χ0n) is 10.6. The summed E-state index contributed by atoms with van der Waals surface area (Å²) in [5.74, 6) is 0. The van der Waals surface area contributed by atoms with Crippen LogP contribution in [0.2, 0.25) is 0 Å². The number of hydrogen-bond donors (Lipinski definition) is 0. The first-order chi connectivity index (χ1) is 8.43. The van der Waals surface area contributed by atoms with E-state index in [0.29, 0.717) is 15.4 Å². The standard InChI is InChI=1S/C13H18INO2S/c1-10-5-7-12(8-6-10)18(16,17)15-9-3-4-13(15)11(2)14/h5-8,11,13H,3-4,9H2,1-2H3/t11-,13-/m0/s1. The molecule has 1 aliphatic heterocycles. The van der Waals surface area contributed by atoms with Crippen LogP contribution in [-0.4, -0.2) is 29.2 Å². The first-order valence-electron chi connectivity index (χ1n) is 6.15. The molecule has 0 bridgehead atoms. The Morgan fingerprint density at radius 2 is 1.94 bits per heavy atom. The molecule has 1 saturated heterocycles. The maximum absolute atomic E-state index is 12.6. The summed E-state index contributed by atoms with van der Waals surface area (Å²) in [7, 11) is -3.32. The molecule has 1 aromatic rings. The zero-order valence-corrected chi connectivity index (χ0v) is 13.6. The van der Waals surface area contributed by atoms with E-state index in [0.717, 1.165) is 18.4 Å². The number of benzene rings is 1. The number of sulfonamides is 1. The monoisotopic (exact) mass is 379 g/mol. The fraction of sp³-hybridized carbons (Fsp3) is 0.538. The van der Waals surface area contributed by atoms with Crippen molar-refractivity contribution in [3.63, 3.8) is 0 Å². The van der Waals surface area contributed by atoms with E-state index in [1.54, 1.807) is 16.4 Å². The van der Waals surface area contributed by atoms with E-state index in [2.05, 4.69) is 29.5 Å². The molecule has 5 heteroatoms. The van der Waals surface area contributed by atoms with E-state index < -0.39 is 10.0 Å². The second-order valence-electron chi connectivity index (χ2n) is 4.82. The molecule has 0 spiro atoms. The lowest BCUT2D eigenvalue weighted by molar-refractivity contribution is 0.391. The van der Waals surface area contributed by atoms with Crippen molar-refractivity contribution >= 4 is 32.6 Å². The van der Waals surface area contributed by atoms with E-state index in [9.17, 15) is 8.42 Å². The van der Waals surface area contributed by atoms with E-state index in [1.807, 2.05) is 19.1 Å². The minimum atomic E-state index is -3.32. The number of nitrogens with zero attached hydrogens (tertiary/aromatic N) is 1. The fourth-order valence-electron chi connectivity index (χ4n) is 2.37. The highest BCUT2D eigenvalue weighted by molar-refractivity contribution is 14.1. The van der Waals surface area contributed by atoms with Gasteiger partial charge in [-0.15, -0.1) is 0 Å². The second-order valence-corrected chi connectivity index (χ2v) is 8.67. The molecular weight excluding hydrogens is 361 g/mol. The predicted octanol–water partition coefficient (Wildman–Crippen LogP) is 2.97. The third kappa shape index (κ3) is 2.72. The number of halogens is 1. The molecule has 18 heavy (non-hydrogen) atoms. The quantitative estimate of drug-likeness (QED) is 0.598. The Kier molecular flexibility index (Phi) is 4.33. The van der Waals surface area contributed by atoms with Gasteiger partial charge in [-0.2, -0.15) is 4.31 Å². The van der Waals surface area contributed by atoms with Gasteiger partial charge in [-0.25, -0.2) is 8.42 Å². The van der Waals surface area contributed by atoms with Crippen LogP contribution in [-0.2, 0) is 10.0 Å². The Labute approximate surface area is 123 Å². The highest BCUT2D eigenvalue weighted by atomic mass is 127. The van der Waals surface area contributed by atoms with Gasteiger partial charge in [0.25, 0.3) is 0 Å².